The monoisotopic (exact) mass is 255 g/mol. The molecule has 4 nitrogen and oxygen atoms in total. The van der Waals surface area contributed by atoms with Crippen molar-refractivity contribution in [2.24, 2.45) is 11.1 Å². The Balaban J connectivity index is 2.43. The summed E-state index contributed by atoms with van der Waals surface area (Å²) < 4.78 is 0. The first-order chi connectivity index (χ1) is 8.42. The first kappa shape index (κ1) is 15.4. The molecule has 3 N–H and O–H groups in total. The maximum absolute atomic E-state index is 12.2. The molecule has 1 atom stereocenters. The number of rotatable bonds is 5. The summed E-state index contributed by atoms with van der Waals surface area (Å²) >= 11 is 0. The number of likely N-dealkylation sites (tertiary alicyclic amines) is 1. The van der Waals surface area contributed by atoms with E-state index in [0.717, 1.165) is 32.4 Å². The van der Waals surface area contributed by atoms with E-state index in [-0.39, 0.29) is 5.91 Å². The highest BCUT2D eigenvalue weighted by molar-refractivity contribution is 5.82. The Bertz CT molecular complexity index is 266. The molecule has 1 fully saturated rings. The molecule has 1 rings (SSSR count). The average molecular weight is 255 g/mol. The minimum absolute atomic E-state index is 0.121. The van der Waals surface area contributed by atoms with E-state index >= 15 is 0 Å². The van der Waals surface area contributed by atoms with Gasteiger partial charge >= 0.3 is 0 Å². The van der Waals surface area contributed by atoms with Gasteiger partial charge in [-0.2, -0.15) is 0 Å². The molecule has 1 heterocycles. The van der Waals surface area contributed by atoms with Gasteiger partial charge in [0.15, 0.2) is 0 Å². The summed E-state index contributed by atoms with van der Waals surface area (Å²) in [5.41, 5.74) is 5.31. The van der Waals surface area contributed by atoms with Crippen LogP contribution in [0.2, 0.25) is 0 Å². The maximum Gasteiger partial charge on any atom is 0.227 e. The first-order valence-electron chi connectivity index (χ1n) is 7.18. The number of nitrogens with one attached hydrogen (secondary N) is 1. The summed E-state index contributed by atoms with van der Waals surface area (Å²) in [5.74, 6) is 0.121. The zero-order valence-electron chi connectivity index (χ0n) is 12.3. The lowest BCUT2D eigenvalue weighted by molar-refractivity contribution is -0.131. The number of carbonyl (C=O) groups is 1. The predicted molar refractivity (Wildman–Crippen MR) is 75.3 cm³/mol. The van der Waals surface area contributed by atoms with E-state index in [2.05, 4.69) is 24.1 Å². The summed E-state index contributed by atoms with van der Waals surface area (Å²) in [6.07, 6.45) is 2.89. The molecule has 1 saturated heterocycles. The van der Waals surface area contributed by atoms with E-state index in [9.17, 15) is 4.79 Å². The normalized spacial score (nSPS) is 21.9. The summed E-state index contributed by atoms with van der Waals surface area (Å²) in [6, 6.07) is 0.927. The van der Waals surface area contributed by atoms with Crippen LogP contribution >= 0.6 is 0 Å². The molecule has 1 amide bonds. The molecule has 106 valence electrons. The van der Waals surface area contributed by atoms with E-state index in [1.54, 1.807) is 0 Å². The maximum atomic E-state index is 12.2. The molecule has 4 heteroatoms. The second kappa shape index (κ2) is 6.53. The molecule has 0 saturated carbocycles. The van der Waals surface area contributed by atoms with Gasteiger partial charge in [-0.05, 0) is 40.0 Å². The summed E-state index contributed by atoms with van der Waals surface area (Å²) in [5, 5.41) is 3.18. The number of amides is 1. The lowest BCUT2D eigenvalue weighted by Crippen LogP contribution is -2.51. The first-order valence-corrected chi connectivity index (χ1v) is 7.18. The number of nitrogens with two attached hydrogens (primary N) is 1. The van der Waals surface area contributed by atoms with Crippen LogP contribution in [0.3, 0.4) is 0 Å². The average Bonchev–Trinajstić information content (AvgIpc) is 2.38. The van der Waals surface area contributed by atoms with E-state index in [0.29, 0.717) is 18.6 Å². The molecule has 1 aliphatic heterocycles. The van der Waals surface area contributed by atoms with Gasteiger partial charge in [0, 0.05) is 31.7 Å². The second-order valence-corrected chi connectivity index (χ2v) is 6.00. The highest BCUT2D eigenvalue weighted by atomic mass is 16.2. The minimum atomic E-state index is -0.408. The van der Waals surface area contributed by atoms with Gasteiger partial charge in [-0.1, -0.05) is 6.92 Å². The third-order valence-electron chi connectivity index (χ3n) is 4.37. The summed E-state index contributed by atoms with van der Waals surface area (Å²) in [7, 11) is 0. The minimum Gasteiger partial charge on any atom is -0.353 e. The quantitative estimate of drug-likeness (QED) is 0.779. The molecule has 0 aliphatic carbocycles. The van der Waals surface area contributed by atoms with Crippen LogP contribution in [-0.4, -0.2) is 42.5 Å². The Morgan fingerprint density at radius 3 is 2.39 bits per heavy atom. The number of hydrogen-bond donors (Lipinski definition) is 2. The highest BCUT2D eigenvalue weighted by Crippen LogP contribution is 2.21. The van der Waals surface area contributed by atoms with Gasteiger partial charge in [0.1, 0.15) is 0 Å². The predicted octanol–water partition coefficient (Wildman–Crippen LogP) is 1.35. The molecule has 0 aromatic heterocycles. The van der Waals surface area contributed by atoms with Crippen molar-refractivity contribution in [3.63, 3.8) is 0 Å². The van der Waals surface area contributed by atoms with Crippen molar-refractivity contribution in [1.82, 2.24) is 10.2 Å². The lowest BCUT2D eigenvalue weighted by Gasteiger charge is -2.36. The zero-order chi connectivity index (χ0) is 13.8. The van der Waals surface area contributed by atoms with Crippen molar-refractivity contribution < 1.29 is 4.79 Å². The van der Waals surface area contributed by atoms with Crippen LogP contribution in [0.1, 0.15) is 47.0 Å². The lowest BCUT2D eigenvalue weighted by atomic mass is 9.86. The Morgan fingerprint density at radius 1 is 1.44 bits per heavy atom. The molecule has 1 aliphatic rings. The van der Waals surface area contributed by atoms with Crippen LogP contribution in [0.4, 0.5) is 0 Å². The number of hydrogen-bond acceptors (Lipinski definition) is 3. The van der Waals surface area contributed by atoms with Crippen LogP contribution in [0.15, 0.2) is 0 Å². The molecule has 0 radical (unpaired) electrons. The SMILES string of the molecule is CCC(C)(CN)C(=O)NC1CCN(C(C)C)CC1. The molecule has 0 aromatic carbocycles. The zero-order valence-corrected chi connectivity index (χ0v) is 12.3. The van der Waals surface area contributed by atoms with Gasteiger partial charge in [0.2, 0.25) is 5.91 Å². The van der Waals surface area contributed by atoms with Crippen molar-refractivity contribution in [2.75, 3.05) is 19.6 Å². The van der Waals surface area contributed by atoms with Crippen molar-refractivity contribution in [3.05, 3.63) is 0 Å². The van der Waals surface area contributed by atoms with Crippen LogP contribution in [-0.2, 0) is 4.79 Å². The Hall–Kier alpha value is -0.610. The van der Waals surface area contributed by atoms with E-state index in [1.807, 2.05) is 13.8 Å². The van der Waals surface area contributed by atoms with Crippen LogP contribution < -0.4 is 11.1 Å². The molecule has 0 bridgehead atoms. The Labute approximate surface area is 111 Å². The molecule has 0 aromatic rings. The van der Waals surface area contributed by atoms with E-state index in [1.165, 1.54) is 0 Å². The fraction of sp³-hybridized carbons (Fsp3) is 0.929. The standard InChI is InChI=1S/C14H29N3O/c1-5-14(4,10-15)13(18)16-12-6-8-17(9-7-12)11(2)3/h11-12H,5-10,15H2,1-4H3,(H,16,18). The molecule has 1 unspecified atom stereocenters. The van der Waals surface area contributed by atoms with Crippen molar-refractivity contribution >= 4 is 5.91 Å². The fourth-order valence-corrected chi connectivity index (χ4v) is 2.32. The van der Waals surface area contributed by atoms with E-state index < -0.39 is 5.41 Å². The summed E-state index contributed by atoms with van der Waals surface area (Å²) in [6.45, 7) is 11.0. The van der Waals surface area contributed by atoms with Gasteiger partial charge in [0.05, 0.1) is 5.41 Å². The van der Waals surface area contributed by atoms with Crippen molar-refractivity contribution in [1.29, 1.82) is 0 Å². The molecule has 0 spiro atoms. The van der Waals surface area contributed by atoms with Crippen molar-refractivity contribution in [2.45, 2.75) is 59.0 Å². The number of piperidine rings is 1. The van der Waals surface area contributed by atoms with Crippen LogP contribution in [0, 0.1) is 5.41 Å². The second-order valence-electron chi connectivity index (χ2n) is 6.00. The number of nitrogens with zero attached hydrogens (tertiary/aromatic N) is 1. The summed E-state index contributed by atoms with van der Waals surface area (Å²) in [4.78, 5) is 14.7. The van der Waals surface area contributed by atoms with Gasteiger partial charge in [-0.15, -0.1) is 0 Å². The van der Waals surface area contributed by atoms with Gasteiger partial charge in [0.25, 0.3) is 0 Å². The van der Waals surface area contributed by atoms with Crippen LogP contribution in [0.25, 0.3) is 0 Å². The topological polar surface area (TPSA) is 58.4 Å². The smallest absolute Gasteiger partial charge is 0.227 e. The molecular weight excluding hydrogens is 226 g/mol. The molecular formula is C14H29N3O. The fourth-order valence-electron chi connectivity index (χ4n) is 2.32. The van der Waals surface area contributed by atoms with Crippen molar-refractivity contribution in [3.8, 4) is 0 Å². The Morgan fingerprint density at radius 2 is 2.00 bits per heavy atom. The highest BCUT2D eigenvalue weighted by Gasteiger charge is 2.32. The largest absolute Gasteiger partial charge is 0.353 e. The van der Waals surface area contributed by atoms with Gasteiger partial charge < -0.3 is 16.0 Å². The Kier molecular flexibility index (Phi) is 5.60. The van der Waals surface area contributed by atoms with Crippen LogP contribution in [0.5, 0.6) is 0 Å². The van der Waals surface area contributed by atoms with Gasteiger partial charge in [-0.3, -0.25) is 4.79 Å². The van der Waals surface area contributed by atoms with Gasteiger partial charge in [-0.25, -0.2) is 0 Å². The third-order valence-corrected chi connectivity index (χ3v) is 4.37. The molecule has 18 heavy (non-hydrogen) atoms. The van der Waals surface area contributed by atoms with E-state index in [4.69, 9.17) is 5.73 Å². The number of carbonyl (C=O) groups excluding carboxylic acids is 1. The third kappa shape index (κ3) is 3.69.